The lowest BCUT2D eigenvalue weighted by molar-refractivity contribution is 0.0288. The van der Waals surface area contributed by atoms with E-state index in [9.17, 15) is 0 Å². The van der Waals surface area contributed by atoms with Gasteiger partial charge in [-0.3, -0.25) is 9.80 Å². The predicted molar refractivity (Wildman–Crippen MR) is 66.6 cm³/mol. The highest BCUT2D eigenvalue weighted by molar-refractivity contribution is 5.05. The molecule has 2 fully saturated rings. The molecule has 0 spiro atoms. The van der Waals surface area contributed by atoms with Crippen molar-refractivity contribution in [2.75, 3.05) is 45.9 Å². The Balaban J connectivity index is 1.81. The van der Waals surface area contributed by atoms with Crippen LogP contribution in [0, 0.1) is 17.2 Å². The Kier molecular flexibility index (Phi) is 4.03. The van der Waals surface area contributed by atoms with Crippen molar-refractivity contribution in [1.82, 2.24) is 9.80 Å². The Bertz CT molecular complexity index is 292. The van der Waals surface area contributed by atoms with Crippen LogP contribution in [0.5, 0.6) is 0 Å². The molecule has 4 heteroatoms. The molecule has 17 heavy (non-hydrogen) atoms. The number of hydrogen-bond donors (Lipinski definition) is 0. The summed E-state index contributed by atoms with van der Waals surface area (Å²) in [6.45, 7) is 11.5. The fourth-order valence-corrected chi connectivity index (χ4v) is 2.86. The van der Waals surface area contributed by atoms with Crippen molar-refractivity contribution >= 4 is 0 Å². The van der Waals surface area contributed by atoms with Gasteiger partial charge in [0.05, 0.1) is 25.2 Å². The van der Waals surface area contributed by atoms with Gasteiger partial charge in [0.25, 0.3) is 0 Å². The summed E-state index contributed by atoms with van der Waals surface area (Å²) in [7, 11) is 0. The molecule has 0 aliphatic carbocycles. The number of nitrogens with zero attached hydrogens (tertiary/aromatic N) is 3. The van der Waals surface area contributed by atoms with E-state index in [0.29, 0.717) is 0 Å². The number of hydrogen-bond acceptors (Lipinski definition) is 4. The van der Waals surface area contributed by atoms with Gasteiger partial charge >= 0.3 is 0 Å². The summed E-state index contributed by atoms with van der Waals surface area (Å²) < 4.78 is 5.35. The summed E-state index contributed by atoms with van der Waals surface area (Å²) in [6.07, 6.45) is 1.02. The molecule has 0 radical (unpaired) electrons. The first-order valence-corrected chi connectivity index (χ1v) is 6.59. The van der Waals surface area contributed by atoms with Crippen molar-refractivity contribution in [3.63, 3.8) is 0 Å². The monoisotopic (exact) mass is 237 g/mol. The van der Waals surface area contributed by atoms with Crippen LogP contribution in [-0.4, -0.2) is 61.3 Å². The van der Waals surface area contributed by atoms with E-state index in [-0.39, 0.29) is 11.5 Å². The Morgan fingerprint density at radius 2 is 1.94 bits per heavy atom. The summed E-state index contributed by atoms with van der Waals surface area (Å²) >= 11 is 0. The Morgan fingerprint density at radius 1 is 1.24 bits per heavy atom. The summed E-state index contributed by atoms with van der Waals surface area (Å²) in [5.41, 5.74) is 0.0427. The first kappa shape index (κ1) is 12.8. The van der Waals surface area contributed by atoms with Gasteiger partial charge < -0.3 is 4.74 Å². The molecule has 2 aliphatic rings. The molecule has 2 rings (SSSR count). The summed E-state index contributed by atoms with van der Waals surface area (Å²) in [5.74, 6) is 0.187. The zero-order valence-electron chi connectivity index (χ0n) is 11.0. The van der Waals surface area contributed by atoms with E-state index in [2.05, 4.69) is 29.7 Å². The predicted octanol–water partition coefficient (Wildman–Crippen LogP) is 0.943. The Morgan fingerprint density at radius 3 is 2.53 bits per heavy atom. The lowest BCUT2D eigenvalue weighted by Gasteiger charge is -2.36. The van der Waals surface area contributed by atoms with Gasteiger partial charge in [0.2, 0.25) is 0 Å². The lowest BCUT2D eigenvalue weighted by Crippen LogP contribution is -2.47. The molecule has 2 heterocycles. The van der Waals surface area contributed by atoms with Gasteiger partial charge in [-0.25, -0.2) is 0 Å². The number of morpholine rings is 1. The van der Waals surface area contributed by atoms with Gasteiger partial charge in [0.15, 0.2) is 0 Å². The molecule has 0 amide bonds. The van der Waals surface area contributed by atoms with Crippen molar-refractivity contribution in [2.24, 2.45) is 5.92 Å². The third-order valence-electron chi connectivity index (χ3n) is 4.30. The highest BCUT2D eigenvalue weighted by Gasteiger charge is 2.41. The second-order valence-electron chi connectivity index (χ2n) is 5.57. The van der Waals surface area contributed by atoms with Gasteiger partial charge in [0.1, 0.15) is 0 Å². The van der Waals surface area contributed by atoms with Crippen LogP contribution in [0.3, 0.4) is 0 Å². The van der Waals surface area contributed by atoms with E-state index < -0.39 is 0 Å². The average Bonchev–Trinajstić information content (AvgIpc) is 2.62. The van der Waals surface area contributed by atoms with Crippen LogP contribution >= 0.6 is 0 Å². The number of nitriles is 1. The minimum absolute atomic E-state index is 0.0427. The summed E-state index contributed by atoms with van der Waals surface area (Å²) in [6, 6.07) is 2.45. The third-order valence-corrected chi connectivity index (χ3v) is 4.30. The van der Waals surface area contributed by atoms with E-state index >= 15 is 0 Å². The van der Waals surface area contributed by atoms with E-state index in [4.69, 9.17) is 10.00 Å². The standard InChI is InChI=1S/C13H23N3O/c1-13(2)12(11-14)3-4-16(13)6-5-15-7-9-17-10-8-15/h12H,3-10H2,1-2H3. The van der Waals surface area contributed by atoms with E-state index in [1.165, 1.54) is 0 Å². The first-order chi connectivity index (χ1) is 8.14. The van der Waals surface area contributed by atoms with Gasteiger partial charge in [-0.1, -0.05) is 0 Å². The minimum atomic E-state index is 0.0427. The smallest absolute Gasteiger partial charge is 0.0675 e. The highest BCUT2D eigenvalue weighted by Crippen LogP contribution is 2.33. The normalized spacial score (nSPS) is 30.3. The maximum atomic E-state index is 9.13. The molecular weight excluding hydrogens is 214 g/mol. The zero-order chi connectivity index (χ0) is 12.3. The fourth-order valence-electron chi connectivity index (χ4n) is 2.86. The van der Waals surface area contributed by atoms with Crippen molar-refractivity contribution in [3.05, 3.63) is 0 Å². The highest BCUT2D eigenvalue weighted by atomic mass is 16.5. The molecule has 0 N–H and O–H groups in total. The number of likely N-dealkylation sites (tertiary alicyclic amines) is 1. The van der Waals surface area contributed by atoms with Crippen molar-refractivity contribution < 1.29 is 4.74 Å². The molecule has 1 atom stereocenters. The van der Waals surface area contributed by atoms with Crippen molar-refractivity contribution in [3.8, 4) is 6.07 Å². The molecule has 96 valence electrons. The van der Waals surface area contributed by atoms with Crippen molar-refractivity contribution in [1.29, 1.82) is 5.26 Å². The van der Waals surface area contributed by atoms with Crippen LogP contribution in [0.4, 0.5) is 0 Å². The van der Waals surface area contributed by atoms with Crippen LogP contribution in [0.15, 0.2) is 0 Å². The number of rotatable bonds is 3. The Hall–Kier alpha value is -0.630. The SMILES string of the molecule is CC1(C)C(C#N)CCN1CCN1CCOCC1. The third kappa shape index (κ3) is 2.79. The van der Waals surface area contributed by atoms with Gasteiger partial charge in [0, 0.05) is 38.3 Å². The molecule has 1 unspecified atom stereocenters. The van der Waals surface area contributed by atoms with Crippen LogP contribution in [-0.2, 0) is 4.74 Å². The molecule has 0 aromatic rings. The topological polar surface area (TPSA) is 39.5 Å². The molecule has 0 saturated carbocycles. The van der Waals surface area contributed by atoms with Crippen LogP contribution < -0.4 is 0 Å². The second kappa shape index (κ2) is 5.34. The zero-order valence-corrected chi connectivity index (χ0v) is 11.0. The largest absolute Gasteiger partial charge is 0.379 e. The van der Waals surface area contributed by atoms with E-state index in [1.54, 1.807) is 0 Å². The van der Waals surface area contributed by atoms with Gasteiger partial charge in [-0.2, -0.15) is 5.26 Å². The Labute approximate surface area is 104 Å². The molecule has 0 aromatic carbocycles. The van der Waals surface area contributed by atoms with Crippen LogP contribution in [0.25, 0.3) is 0 Å². The maximum Gasteiger partial charge on any atom is 0.0675 e. The van der Waals surface area contributed by atoms with Crippen LogP contribution in [0.1, 0.15) is 20.3 Å². The van der Waals surface area contributed by atoms with Crippen LogP contribution in [0.2, 0.25) is 0 Å². The van der Waals surface area contributed by atoms with Gasteiger partial charge in [-0.15, -0.1) is 0 Å². The maximum absolute atomic E-state index is 9.13. The summed E-state index contributed by atoms with van der Waals surface area (Å²) in [5, 5.41) is 9.13. The second-order valence-corrected chi connectivity index (χ2v) is 5.57. The molecule has 4 nitrogen and oxygen atoms in total. The van der Waals surface area contributed by atoms with E-state index in [1.807, 2.05) is 0 Å². The molecule has 0 aromatic heterocycles. The first-order valence-electron chi connectivity index (χ1n) is 6.59. The molecule has 2 saturated heterocycles. The van der Waals surface area contributed by atoms with E-state index in [0.717, 1.165) is 52.4 Å². The molecule has 0 bridgehead atoms. The van der Waals surface area contributed by atoms with Crippen molar-refractivity contribution in [2.45, 2.75) is 25.8 Å². The quantitative estimate of drug-likeness (QED) is 0.732. The lowest BCUT2D eigenvalue weighted by atomic mass is 9.90. The fraction of sp³-hybridized carbons (Fsp3) is 0.923. The molecule has 2 aliphatic heterocycles. The number of ether oxygens (including phenoxy) is 1. The minimum Gasteiger partial charge on any atom is -0.379 e. The molecular formula is C13H23N3O. The average molecular weight is 237 g/mol. The summed E-state index contributed by atoms with van der Waals surface area (Å²) in [4.78, 5) is 4.93. The van der Waals surface area contributed by atoms with Gasteiger partial charge in [-0.05, 0) is 20.3 Å².